The van der Waals surface area contributed by atoms with Crippen LogP contribution in [0.1, 0.15) is 32.4 Å². The maximum Gasteiger partial charge on any atom is 0.226 e. The summed E-state index contributed by atoms with van der Waals surface area (Å²) in [5, 5.41) is 5.61. The molecule has 0 atom stereocenters. The van der Waals surface area contributed by atoms with E-state index in [2.05, 4.69) is 29.0 Å². The van der Waals surface area contributed by atoms with Crippen LogP contribution in [0.5, 0.6) is 0 Å². The molecule has 2 heterocycles. The normalized spacial score (nSPS) is 16.6. The van der Waals surface area contributed by atoms with E-state index in [4.69, 9.17) is 4.74 Å². The fourth-order valence-electron chi connectivity index (χ4n) is 2.03. The highest BCUT2D eigenvalue weighted by molar-refractivity contribution is 7.13. The molecule has 0 spiro atoms. The molecule has 0 bridgehead atoms. The highest BCUT2D eigenvalue weighted by Crippen LogP contribution is 2.18. The van der Waals surface area contributed by atoms with E-state index in [1.165, 1.54) is 11.3 Å². The van der Waals surface area contributed by atoms with Crippen LogP contribution in [0.15, 0.2) is 5.38 Å². The van der Waals surface area contributed by atoms with Crippen LogP contribution < -0.4 is 5.32 Å². The minimum atomic E-state index is 0.0611. The first kappa shape index (κ1) is 15.4. The Morgan fingerprint density at radius 3 is 2.95 bits per heavy atom. The Labute approximate surface area is 124 Å². The molecular formula is C14H23N3O2S. The van der Waals surface area contributed by atoms with Crippen LogP contribution in [-0.4, -0.2) is 42.1 Å². The van der Waals surface area contributed by atoms with E-state index < -0.39 is 0 Å². The predicted molar refractivity (Wildman–Crippen MR) is 80.9 cm³/mol. The molecule has 1 N–H and O–H groups in total. The molecule has 0 saturated carbocycles. The van der Waals surface area contributed by atoms with Crippen molar-refractivity contribution in [3.63, 3.8) is 0 Å². The Kier molecular flexibility index (Phi) is 5.94. The summed E-state index contributed by atoms with van der Waals surface area (Å²) >= 11 is 1.50. The SMILES string of the molecule is CC(C)CCC(=O)Nc1nc(CN2CCOCC2)cs1. The lowest BCUT2D eigenvalue weighted by Crippen LogP contribution is -2.35. The predicted octanol–water partition coefficient (Wildman–Crippen LogP) is 2.35. The summed E-state index contributed by atoms with van der Waals surface area (Å²) in [6.07, 6.45) is 1.48. The number of nitrogens with zero attached hydrogens (tertiary/aromatic N) is 2. The number of aromatic nitrogens is 1. The smallest absolute Gasteiger partial charge is 0.226 e. The van der Waals surface area contributed by atoms with Gasteiger partial charge >= 0.3 is 0 Å². The lowest BCUT2D eigenvalue weighted by molar-refractivity contribution is -0.116. The molecule has 1 aromatic heterocycles. The fourth-order valence-corrected chi connectivity index (χ4v) is 2.74. The van der Waals surface area contributed by atoms with Gasteiger partial charge in [-0.3, -0.25) is 9.69 Å². The number of hydrogen-bond acceptors (Lipinski definition) is 5. The molecular weight excluding hydrogens is 274 g/mol. The standard InChI is InChI=1S/C14H23N3O2S/c1-11(2)3-4-13(18)16-14-15-12(10-20-14)9-17-5-7-19-8-6-17/h10-11H,3-9H2,1-2H3,(H,15,16,18). The quantitative estimate of drug-likeness (QED) is 0.875. The van der Waals surface area contributed by atoms with Crippen LogP contribution >= 0.6 is 11.3 Å². The van der Waals surface area contributed by atoms with E-state index in [1.54, 1.807) is 0 Å². The van der Waals surface area contributed by atoms with Crippen molar-refractivity contribution in [3.8, 4) is 0 Å². The van der Waals surface area contributed by atoms with Gasteiger partial charge in [-0.1, -0.05) is 13.8 Å². The molecule has 1 saturated heterocycles. The van der Waals surface area contributed by atoms with Crippen LogP contribution in [-0.2, 0) is 16.1 Å². The van der Waals surface area contributed by atoms with Gasteiger partial charge in [-0.25, -0.2) is 4.98 Å². The number of rotatable bonds is 6. The van der Waals surface area contributed by atoms with Crippen LogP contribution in [0.2, 0.25) is 0 Å². The number of ether oxygens (including phenoxy) is 1. The van der Waals surface area contributed by atoms with Crippen LogP contribution in [0.3, 0.4) is 0 Å². The summed E-state index contributed by atoms with van der Waals surface area (Å²) in [5.74, 6) is 0.611. The van der Waals surface area contributed by atoms with Gasteiger partial charge in [0, 0.05) is 31.4 Å². The Balaban J connectivity index is 1.77. The van der Waals surface area contributed by atoms with Crippen molar-refractivity contribution in [3.05, 3.63) is 11.1 Å². The zero-order valence-electron chi connectivity index (χ0n) is 12.2. The first-order chi connectivity index (χ1) is 9.63. The zero-order valence-corrected chi connectivity index (χ0v) is 13.0. The topological polar surface area (TPSA) is 54.5 Å². The lowest BCUT2D eigenvalue weighted by atomic mass is 10.1. The number of hydrogen-bond donors (Lipinski definition) is 1. The number of carbonyl (C=O) groups is 1. The third-order valence-electron chi connectivity index (χ3n) is 3.24. The van der Waals surface area contributed by atoms with Gasteiger partial charge in [0.1, 0.15) is 0 Å². The maximum atomic E-state index is 11.7. The summed E-state index contributed by atoms with van der Waals surface area (Å²) in [6.45, 7) is 8.57. The molecule has 1 aliphatic rings. The van der Waals surface area contributed by atoms with Crippen molar-refractivity contribution < 1.29 is 9.53 Å². The third-order valence-corrected chi connectivity index (χ3v) is 4.04. The summed E-state index contributed by atoms with van der Waals surface area (Å²) in [5.41, 5.74) is 1.02. The maximum absolute atomic E-state index is 11.7. The number of carbonyl (C=O) groups excluding carboxylic acids is 1. The van der Waals surface area contributed by atoms with Crippen LogP contribution in [0, 0.1) is 5.92 Å². The number of amides is 1. The van der Waals surface area contributed by atoms with Crippen molar-refractivity contribution >= 4 is 22.4 Å². The first-order valence-corrected chi connectivity index (χ1v) is 8.06. The van der Waals surface area contributed by atoms with Gasteiger partial charge in [0.25, 0.3) is 0 Å². The fraction of sp³-hybridized carbons (Fsp3) is 0.714. The van der Waals surface area contributed by atoms with Crippen molar-refractivity contribution in [1.82, 2.24) is 9.88 Å². The number of nitrogens with one attached hydrogen (secondary N) is 1. The average molecular weight is 297 g/mol. The number of anilines is 1. The van der Waals surface area contributed by atoms with Gasteiger partial charge in [0.2, 0.25) is 5.91 Å². The molecule has 0 aromatic carbocycles. The third kappa shape index (κ3) is 5.19. The van der Waals surface area contributed by atoms with E-state index in [9.17, 15) is 4.79 Å². The monoisotopic (exact) mass is 297 g/mol. The largest absolute Gasteiger partial charge is 0.379 e. The molecule has 0 radical (unpaired) electrons. The van der Waals surface area contributed by atoms with Crippen molar-refractivity contribution in [1.29, 1.82) is 0 Å². The van der Waals surface area contributed by atoms with E-state index >= 15 is 0 Å². The highest BCUT2D eigenvalue weighted by Gasteiger charge is 2.13. The number of morpholine rings is 1. The molecule has 0 aliphatic carbocycles. The van der Waals surface area contributed by atoms with Gasteiger partial charge in [-0.15, -0.1) is 11.3 Å². The second-order valence-electron chi connectivity index (χ2n) is 5.51. The van der Waals surface area contributed by atoms with E-state index in [0.717, 1.165) is 45.0 Å². The summed E-state index contributed by atoms with van der Waals surface area (Å²) in [4.78, 5) is 18.5. The highest BCUT2D eigenvalue weighted by atomic mass is 32.1. The molecule has 2 rings (SSSR count). The van der Waals surface area contributed by atoms with Crippen molar-refractivity contribution in [2.75, 3.05) is 31.6 Å². The zero-order chi connectivity index (χ0) is 14.4. The molecule has 0 unspecified atom stereocenters. The second-order valence-corrected chi connectivity index (χ2v) is 6.37. The second kappa shape index (κ2) is 7.71. The summed E-state index contributed by atoms with van der Waals surface area (Å²) < 4.78 is 5.32. The first-order valence-electron chi connectivity index (χ1n) is 7.18. The van der Waals surface area contributed by atoms with E-state index in [1.807, 2.05) is 5.38 Å². The molecule has 6 heteroatoms. The van der Waals surface area contributed by atoms with Gasteiger partial charge < -0.3 is 10.1 Å². The minimum Gasteiger partial charge on any atom is -0.379 e. The minimum absolute atomic E-state index is 0.0611. The summed E-state index contributed by atoms with van der Waals surface area (Å²) in [6, 6.07) is 0. The molecule has 1 fully saturated rings. The Morgan fingerprint density at radius 1 is 1.50 bits per heavy atom. The molecule has 1 amide bonds. The van der Waals surface area contributed by atoms with Gasteiger partial charge in [-0.2, -0.15) is 0 Å². The molecule has 1 aliphatic heterocycles. The van der Waals surface area contributed by atoms with Crippen molar-refractivity contribution in [2.24, 2.45) is 5.92 Å². The van der Waals surface area contributed by atoms with Gasteiger partial charge in [0.15, 0.2) is 5.13 Å². The Hall–Kier alpha value is -0.980. The number of thiazole rings is 1. The Bertz CT molecular complexity index is 428. The van der Waals surface area contributed by atoms with E-state index in [-0.39, 0.29) is 5.91 Å². The van der Waals surface area contributed by atoms with E-state index in [0.29, 0.717) is 17.5 Å². The van der Waals surface area contributed by atoms with Crippen LogP contribution in [0.4, 0.5) is 5.13 Å². The molecule has 5 nitrogen and oxygen atoms in total. The Morgan fingerprint density at radius 2 is 2.25 bits per heavy atom. The lowest BCUT2D eigenvalue weighted by Gasteiger charge is -2.25. The summed E-state index contributed by atoms with van der Waals surface area (Å²) in [7, 11) is 0. The van der Waals surface area contributed by atoms with Gasteiger partial charge in [-0.05, 0) is 12.3 Å². The average Bonchev–Trinajstić information content (AvgIpc) is 2.85. The van der Waals surface area contributed by atoms with Gasteiger partial charge in [0.05, 0.1) is 18.9 Å². The molecule has 1 aromatic rings. The molecule has 20 heavy (non-hydrogen) atoms. The molecule has 112 valence electrons. The van der Waals surface area contributed by atoms with Crippen LogP contribution in [0.25, 0.3) is 0 Å². The van der Waals surface area contributed by atoms with Crippen molar-refractivity contribution in [2.45, 2.75) is 33.2 Å².